The average molecular weight is 363 g/mol. The second-order valence-corrected chi connectivity index (χ2v) is 9.04. The minimum Gasteiger partial charge on any atom is -0.384 e. The summed E-state index contributed by atoms with van der Waals surface area (Å²) in [5.41, 5.74) is 7.43. The molecule has 1 saturated carbocycles. The van der Waals surface area contributed by atoms with Crippen LogP contribution < -0.4 is 5.73 Å². The van der Waals surface area contributed by atoms with Crippen LogP contribution in [0.3, 0.4) is 0 Å². The third kappa shape index (κ3) is 2.62. The molecule has 0 spiro atoms. The Morgan fingerprint density at radius 1 is 1.08 bits per heavy atom. The minimum absolute atomic E-state index is 0.00541. The summed E-state index contributed by atoms with van der Waals surface area (Å²) in [5.74, 6) is 0.298. The van der Waals surface area contributed by atoms with Gasteiger partial charge in [-0.15, -0.1) is 0 Å². The summed E-state index contributed by atoms with van der Waals surface area (Å²) < 4.78 is 30.2. The number of aromatic nitrogens is 3. The van der Waals surface area contributed by atoms with Crippen LogP contribution in [0.5, 0.6) is 0 Å². The lowest BCUT2D eigenvalue weighted by molar-refractivity contribution is 0.361. The van der Waals surface area contributed by atoms with E-state index in [1.165, 1.54) is 6.42 Å². The van der Waals surface area contributed by atoms with Crippen molar-refractivity contribution in [1.29, 1.82) is 0 Å². The normalized spacial score (nSPS) is 23.5. The van der Waals surface area contributed by atoms with Crippen molar-refractivity contribution in [2.75, 3.05) is 12.3 Å². The largest absolute Gasteiger partial charge is 0.384 e. The number of hydrogen-bond acceptors (Lipinski definition) is 5. The highest BCUT2D eigenvalue weighted by atomic mass is 32.2. The Bertz CT molecular complexity index is 886. The monoisotopic (exact) mass is 363 g/mol. The Hall–Kier alpha value is -1.67. The summed E-state index contributed by atoms with van der Waals surface area (Å²) in [6.07, 6.45) is 10.4. The molecular weight excluding hydrogens is 338 g/mol. The number of sulfonamides is 1. The van der Waals surface area contributed by atoms with E-state index in [2.05, 4.69) is 9.97 Å². The van der Waals surface area contributed by atoms with Gasteiger partial charge in [0, 0.05) is 31.0 Å². The molecule has 4 rings (SSSR count). The zero-order valence-corrected chi connectivity index (χ0v) is 15.4. The van der Waals surface area contributed by atoms with E-state index in [1.807, 2.05) is 11.5 Å². The topological polar surface area (TPSA) is 94.1 Å². The quantitative estimate of drug-likeness (QED) is 0.905. The van der Waals surface area contributed by atoms with Crippen LogP contribution in [0.4, 0.5) is 5.82 Å². The van der Waals surface area contributed by atoms with Gasteiger partial charge in [-0.25, -0.2) is 18.4 Å². The number of anilines is 1. The molecule has 2 N–H and O–H groups in total. The molecule has 8 heteroatoms. The molecule has 0 radical (unpaired) electrons. The summed E-state index contributed by atoms with van der Waals surface area (Å²) in [7, 11) is -3.68. The molecule has 3 heterocycles. The Labute approximate surface area is 148 Å². The highest BCUT2D eigenvalue weighted by Crippen LogP contribution is 2.40. The van der Waals surface area contributed by atoms with Crippen molar-refractivity contribution in [2.45, 2.75) is 68.8 Å². The number of hydrogen-bond donors (Lipinski definition) is 1. The van der Waals surface area contributed by atoms with Crippen molar-refractivity contribution >= 4 is 27.0 Å². The zero-order valence-electron chi connectivity index (χ0n) is 14.6. The SMILES string of the molecule is CC1CCCN1S(=O)(=O)c1c(N)n(C2CCCCC2)c2nccnc12. The van der Waals surface area contributed by atoms with Gasteiger partial charge in [-0.3, -0.25) is 0 Å². The molecule has 25 heavy (non-hydrogen) atoms. The van der Waals surface area contributed by atoms with Crippen molar-refractivity contribution < 1.29 is 8.42 Å². The lowest BCUT2D eigenvalue weighted by Gasteiger charge is -2.25. The molecule has 2 aliphatic rings. The van der Waals surface area contributed by atoms with Gasteiger partial charge in [-0.1, -0.05) is 19.3 Å². The van der Waals surface area contributed by atoms with Gasteiger partial charge in [0.2, 0.25) is 10.0 Å². The van der Waals surface area contributed by atoms with Gasteiger partial charge in [0.1, 0.15) is 11.3 Å². The fourth-order valence-electron chi connectivity index (χ4n) is 4.36. The number of nitrogens with two attached hydrogens (primary N) is 1. The van der Waals surface area contributed by atoms with Crippen LogP contribution in [-0.4, -0.2) is 39.8 Å². The van der Waals surface area contributed by atoms with Crippen LogP contribution in [0.1, 0.15) is 57.9 Å². The first kappa shape index (κ1) is 16.8. The first-order valence-electron chi connectivity index (χ1n) is 9.14. The molecule has 1 unspecified atom stereocenters. The van der Waals surface area contributed by atoms with Gasteiger partial charge in [0.15, 0.2) is 10.5 Å². The second-order valence-electron chi connectivity index (χ2n) is 7.21. The Morgan fingerprint density at radius 2 is 1.80 bits per heavy atom. The maximum absolute atomic E-state index is 13.3. The summed E-state index contributed by atoms with van der Waals surface area (Å²) in [6, 6.07) is 0.196. The van der Waals surface area contributed by atoms with Crippen LogP contribution in [-0.2, 0) is 10.0 Å². The molecule has 136 valence electrons. The molecular formula is C17H25N5O2S. The number of rotatable bonds is 3. The van der Waals surface area contributed by atoms with Crippen molar-refractivity contribution in [3.8, 4) is 0 Å². The molecule has 0 amide bonds. The van der Waals surface area contributed by atoms with E-state index in [0.29, 0.717) is 23.5 Å². The molecule has 2 aromatic rings. The van der Waals surface area contributed by atoms with E-state index < -0.39 is 10.0 Å². The Balaban J connectivity index is 1.91. The van der Waals surface area contributed by atoms with Crippen LogP contribution in [0.15, 0.2) is 17.3 Å². The molecule has 1 aliphatic carbocycles. The molecule has 2 fully saturated rings. The molecule has 1 aliphatic heterocycles. The lowest BCUT2D eigenvalue weighted by atomic mass is 9.95. The third-order valence-electron chi connectivity index (χ3n) is 5.61. The van der Waals surface area contributed by atoms with Gasteiger partial charge in [0.25, 0.3) is 0 Å². The van der Waals surface area contributed by atoms with Crippen molar-refractivity contribution in [2.24, 2.45) is 0 Å². The van der Waals surface area contributed by atoms with Gasteiger partial charge in [0.05, 0.1) is 0 Å². The van der Waals surface area contributed by atoms with Crippen LogP contribution in [0.2, 0.25) is 0 Å². The van der Waals surface area contributed by atoms with Gasteiger partial charge in [-0.2, -0.15) is 4.31 Å². The van der Waals surface area contributed by atoms with Crippen LogP contribution in [0.25, 0.3) is 11.2 Å². The van der Waals surface area contributed by atoms with Gasteiger partial charge < -0.3 is 10.3 Å². The summed E-state index contributed by atoms with van der Waals surface area (Å²) >= 11 is 0. The summed E-state index contributed by atoms with van der Waals surface area (Å²) in [4.78, 5) is 8.93. The first-order valence-corrected chi connectivity index (χ1v) is 10.6. The van der Waals surface area contributed by atoms with Gasteiger partial charge >= 0.3 is 0 Å². The second kappa shape index (κ2) is 6.25. The minimum atomic E-state index is -3.68. The first-order chi connectivity index (χ1) is 12.0. The number of nitrogen functional groups attached to an aromatic ring is 1. The fraction of sp³-hybridized carbons (Fsp3) is 0.647. The van der Waals surface area contributed by atoms with E-state index in [0.717, 1.165) is 38.5 Å². The zero-order chi connectivity index (χ0) is 17.6. The maximum atomic E-state index is 13.3. The van der Waals surface area contributed by atoms with Crippen LogP contribution in [0, 0.1) is 0 Å². The van der Waals surface area contributed by atoms with Crippen molar-refractivity contribution in [3.05, 3.63) is 12.4 Å². The van der Waals surface area contributed by atoms with E-state index in [9.17, 15) is 8.42 Å². The third-order valence-corrected chi connectivity index (χ3v) is 7.69. The maximum Gasteiger partial charge on any atom is 0.249 e. The Morgan fingerprint density at radius 3 is 2.48 bits per heavy atom. The molecule has 7 nitrogen and oxygen atoms in total. The Kier molecular flexibility index (Phi) is 4.19. The predicted molar refractivity (Wildman–Crippen MR) is 96.7 cm³/mol. The highest BCUT2D eigenvalue weighted by molar-refractivity contribution is 7.89. The highest BCUT2D eigenvalue weighted by Gasteiger charge is 2.38. The molecule has 1 atom stereocenters. The summed E-state index contributed by atoms with van der Waals surface area (Å²) in [6.45, 7) is 2.49. The van der Waals surface area contributed by atoms with Crippen molar-refractivity contribution in [1.82, 2.24) is 18.8 Å². The smallest absolute Gasteiger partial charge is 0.249 e. The lowest BCUT2D eigenvalue weighted by Crippen LogP contribution is -2.34. The molecule has 0 aromatic carbocycles. The van der Waals surface area contributed by atoms with Crippen molar-refractivity contribution in [3.63, 3.8) is 0 Å². The standard InChI is InChI=1S/C17H25N5O2S/c1-12-6-5-11-21(12)25(23,24)15-14-17(20-10-9-19-14)22(16(15)18)13-7-3-2-4-8-13/h9-10,12-13H,2-8,11,18H2,1H3. The van der Waals surface area contributed by atoms with Crippen LogP contribution >= 0.6 is 0 Å². The predicted octanol–water partition coefficient (Wildman–Crippen LogP) is 2.69. The number of fused-ring (bicyclic) bond motifs is 1. The number of nitrogens with zero attached hydrogens (tertiary/aromatic N) is 4. The average Bonchev–Trinajstić information content (AvgIpc) is 3.16. The fourth-order valence-corrected chi connectivity index (χ4v) is 6.29. The van der Waals surface area contributed by atoms with Gasteiger partial charge in [-0.05, 0) is 32.6 Å². The summed E-state index contributed by atoms with van der Waals surface area (Å²) in [5, 5.41) is 0. The van der Waals surface area contributed by atoms with E-state index in [1.54, 1.807) is 16.7 Å². The van der Waals surface area contributed by atoms with E-state index in [-0.39, 0.29) is 17.0 Å². The molecule has 2 aromatic heterocycles. The molecule has 1 saturated heterocycles. The van der Waals surface area contributed by atoms with E-state index >= 15 is 0 Å². The molecule has 0 bridgehead atoms. The van der Waals surface area contributed by atoms with E-state index in [4.69, 9.17) is 5.73 Å².